The van der Waals surface area contributed by atoms with Crippen molar-refractivity contribution < 1.29 is 4.79 Å². The summed E-state index contributed by atoms with van der Waals surface area (Å²) in [7, 11) is 1.76. The normalized spacial score (nSPS) is 13.5. The van der Waals surface area contributed by atoms with Crippen molar-refractivity contribution in [2.75, 3.05) is 13.6 Å². The van der Waals surface area contributed by atoms with Crippen molar-refractivity contribution in [1.82, 2.24) is 4.90 Å². The van der Waals surface area contributed by atoms with Gasteiger partial charge in [-0.15, -0.1) is 0 Å². The lowest BCUT2D eigenvalue weighted by atomic mass is 9.90. The van der Waals surface area contributed by atoms with E-state index in [9.17, 15) is 4.79 Å². The third-order valence-corrected chi connectivity index (χ3v) is 3.75. The summed E-state index contributed by atoms with van der Waals surface area (Å²) >= 11 is 0. The Morgan fingerprint density at radius 2 is 2.05 bits per heavy atom. The summed E-state index contributed by atoms with van der Waals surface area (Å²) < 4.78 is 0. The summed E-state index contributed by atoms with van der Waals surface area (Å²) in [4.78, 5) is 13.6. The molecule has 3 heteroatoms. The molecular formula is C16H20N2O. The van der Waals surface area contributed by atoms with Crippen LogP contribution in [-0.4, -0.2) is 24.4 Å². The van der Waals surface area contributed by atoms with Crippen LogP contribution in [0.5, 0.6) is 0 Å². The van der Waals surface area contributed by atoms with Gasteiger partial charge in [0.25, 0.3) is 0 Å². The topological polar surface area (TPSA) is 44.1 Å². The second-order valence-corrected chi connectivity index (χ2v) is 5.21. The lowest BCUT2D eigenvalue weighted by Gasteiger charge is -2.18. The third-order valence-electron chi connectivity index (χ3n) is 3.75. The first kappa shape index (κ1) is 13.6. The van der Waals surface area contributed by atoms with Crippen LogP contribution in [0, 0.1) is 11.3 Å². The molecule has 0 atom stereocenters. The SMILES string of the molecule is CN(CCC#N)C(=O)Cc1ccc2c(c1)CCCC2. The quantitative estimate of drug-likeness (QED) is 0.830. The molecule has 0 saturated carbocycles. The Hall–Kier alpha value is -1.82. The highest BCUT2D eigenvalue weighted by atomic mass is 16.2. The average Bonchev–Trinajstić information content (AvgIpc) is 2.44. The summed E-state index contributed by atoms with van der Waals surface area (Å²) in [5, 5.41) is 8.53. The molecule has 0 N–H and O–H groups in total. The summed E-state index contributed by atoms with van der Waals surface area (Å²) in [6, 6.07) is 8.49. The summed E-state index contributed by atoms with van der Waals surface area (Å²) in [6.45, 7) is 0.514. The van der Waals surface area contributed by atoms with Crippen molar-refractivity contribution in [3.8, 4) is 6.07 Å². The van der Waals surface area contributed by atoms with E-state index >= 15 is 0 Å². The van der Waals surface area contributed by atoms with E-state index in [1.54, 1.807) is 11.9 Å². The van der Waals surface area contributed by atoms with Crippen molar-refractivity contribution in [3.05, 3.63) is 34.9 Å². The minimum Gasteiger partial charge on any atom is -0.344 e. The number of benzene rings is 1. The zero-order chi connectivity index (χ0) is 13.7. The Balaban J connectivity index is 1.99. The maximum absolute atomic E-state index is 12.0. The van der Waals surface area contributed by atoms with E-state index < -0.39 is 0 Å². The number of carbonyl (C=O) groups is 1. The Bertz CT molecular complexity index is 502. The monoisotopic (exact) mass is 256 g/mol. The Kier molecular flexibility index (Phi) is 4.57. The van der Waals surface area contributed by atoms with Crippen molar-refractivity contribution in [3.63, 3.8) is 0 Å². The molecule has 0 unspecified atom stereocenters. The number of carbonyl (C=O) groups excluding carboxylic acids is 1. The van der Waals surface area contributed by atoms with E-state index in [1.165, 1.54) is 30.4 Å². The molecule has 0 fully saturated rings. The maximum Gasteiger partial charge on any atom is 0.226 e. The van der Waals surface area contributed by atoms with Crippen molar-refractivity contribution >= 4 is 5.91 Å². The zero-order valence-corrected chi connectivity index (χ0v) is 11.5. The van der Waals surface area contributed by atoms with E-state index in [4.69, 9.17) is 5.26 Å². The number of fused-ring (bicyclic) bond motifs is 1. The van der Waals surface area contributed by atoms with Crippen LogP contribution in [0.2, 0.25) is 0 Å². The fraction of sp³-hybridized carbons (Fsp3) is 0.500. The fourth-order valence-corrected chi connectivity index (χ4v) is 2.55. The number of rotatable bonds is 4. The van der Waals surface area contributed by atoms with Crippen LogP contribution in [0.25, 0.3) is 0 Å². The van der Waals surface area contributed by atoms with E-state index in [0.717, 1.165) is 12.0 Å². The summed E-state index contributed by atoms with van der Waals surface area (Å²) in [5.41, 5.74) is 3.95. The molecule has 1 aromatic rings. The van der Waals surface area contributed by atoms with Gasteiger partial charge in [-0.3, -0.25) is 4.79 Å². The van der Waals surface area contributed by atoms with Gasteiger partial charge in [-0.05, 0) is 42.4 Å². The summed E-state index contributed by atoms with van der Waals surface area (Å²) in [6.07, 6.45) is 5.68. The molecule has 0 aromatic heterocycles. The first-order valence-electron chi connectivity index (χ1n) is 6.92. The predicted molar refractivity (Wildman–Crippen MR) is 74.7 cm³/mol. The van der Waals surface area contributed by atoms with Gasteiger partial charge in [0.1, 0.15) is 0 Å². The zero-order valence-electron chi connectivity index (χ0n) is 11.5. The predicted octanol–water partition coefficient (Wildman–Crippen LogP) is 2.48. The van der Waals surface area contributed by atoms with Gasteiger partial charge in [0.2, 0.25) is 5.91 Å². The second kappa shape index (κ2) is 6.38. The number of nitriles is 1. The molecule has 0 heterocycles. The van der Waals surface area contributed by atoms with Gasteiger partial charge in [-0.1, -0.05) is 18.2 Å². The van der Waals surface area contributed by atoms with E-state index in [2.05, 4.69) is 24.3 Å². The molecule has 0 aliphatic heterocycles. The Morgan fingerprint density at radius 1 is 1.32 bits per heavy atom. The molecule has 1 amide bonds. The minimum absolute atomic E-state index is 0.0889. The Morgan fingerprint density at radius 3 is 2.79 bits per heavy atom. The van der Waals surface area contributed by atoms with Crippen LogP contribution in [0.3, 0.4) is 0 Å². The highest BCUT2D eigenvalue weighted by Gasteiger charge is 2.13. The average molecular weight is 256 g/mol. The molecule has 2 rings (SSSR count). The first-order chi connectivity index (χ1) is 9.20. The number of hydrogen-bond acceptors (Lipinski definition) is 2. The minimum atomic E-state index is 0.0889. The van der Waals surface area contributed by atoms with Crippen LogP contribution < -0.4 is 0 Å². The van der Waals surface area contributed by atoms with Crippen LogP contribution in [-0.2, 0) is 24.1 Å². The molecule has 19 heavy (non-hydrogen) atoms. The molecular weight excluding hydrogens is 236 g/mol. The molecule has 100 valence electrons. The highest BCUT2D eigenvalue weighted by Crippen LogP contribution is 2.22. The molecule has 1 aliphatic carbocycles. The van der Waals surface area contributed by atoms with Gasteiger partial charge in [0.15, 0.2) is 0 Å². The number of nitrogens with zero attached hydrogens (tertiary/aromatic N) is 2. The second-order valence-electron chi connectivity index (χ2n) is 5.21. The van der Waals surface area contributed by atoms with Crippen LogP contribution in [0.4, 0.5) is 0 Å². The van der Waals surface area contributed by atoms with Crippen molar-refractivity contribution in [2.45, 2.75) is 38.5 Å². The lowest BCUT2D eigenvalue weighted by Crippen LogP contribution is -2.29. The van der Waals surface area contributed by atoms with Gasteiger partial charge in [0.05, 0.1) is 18.9 Å². The van der Waals surface area contributed by atoms with Crippen LogP contribution in [0.1, 0.15) is 36.0 Å². The lowest BCUT2D eigenvalue weighted by molar-refractivity contribution is -0.129. The molecule has 1 aromatic carbocycles. The maximum atomic E-state index is 12.0. The van der Waals surface area contributed by atoms with E-state index in [-0.39, 0.29) is 5.91 Å². The fourth-order valence-electron chi connectivity index (χ4n) is 2.55. The number of amides is 1. The molecule has 3 nitrogen and oxygen atoms in total. The van der Waals surface area contributed by atoms with Gasteiger partial charge in [-0.25, -0.2) is 0 Å². The van der Waals surface area contributed by atoms with Gasteiger partial charge in [0, 0.05) is 13.6 Å². The van der Waals surface area contributed by atoms with Crippen LogP contribution >= 0.6 is 0 Å². The van der Waals surface area contributed by atoms with Gasteiger partial charge >= 0.3 is 0 Å². The molecule has 0 radical (unpaired) electrons. The number of likely N-dealkylation sites (N-methyl/N-ethyl adjacent to an activating group) is 1. The Labute approximate surface area is 114 Å². The van der Waals surface area contributed by atoms with Crippen LogP contribution in [0.15, 0.2) is 18.2 Å². The van der Waals surface area contributed by atoms with Gasteiger partial charge in [-0.2, -0.15) is 5.26 Å². The molecule has 1 aliphatic rings. The van der Waals surface area contributed by atoms with Crippen molar-refractivity contribution in [1.29, 1.82) is 5.26 Å². The standard InChI is InChI=1S/C16H20N2O/c1-18(10-4-9-17)16(19)12-13-7-8-14-5-2-3-6-15(14)11-13/h7-8,11H,2-6,10,12H2,1H3. The molecule has 0 spiro atoms. The highest BCUT2D eigenvalue weighted by molar-refractivity contribution is 5.78. The first-order valence-corrected chi connectivity index (χ1v) is 6.92. The number of hydrogen-bond donors (Lipinski definition) is 0. The third kappa shape index (κ3) is 3.57. The molecule has 0 bridgehead atoms. The molecule has 0 saturated heterocycles. The van der Waals surface area contributed by atoms with E-state index in [1.807, 2.05) is 0 Å². The largest absolute Gasteiger partial charge is 0.344 e. The van der Waals surface area contributed by atoms with Gasteiger partial charge < -0.3 is 4.90 Å². The van der Waals surface area contributed by atoms with E-state index in [0.29, 0.717) is 19.4 Å². The van der Waals surface area contributed by atoms with Crippen molar-refractivity contribution in [2.24, 2.45) is 0 Å². The summed E-state index contributed by atoms with van der Waals surface area (Å²) in [5.74, 6) is 0.0889. The number of aryl methyl sites for hydroxylation is 2. The smallest absolute Gasteiger partial charge is 0.226 e.